The highest BCUT2D eigenvalue weighted by atomic mass is 16.5. The fourth-order valence-corrected chi connectivity index (χ4v) is 25.8. The maximum Gasteiger partial charge on any atom is 0.178 e. The lowest BCUT2D eigenvalue weighted by atomic mass is 9.69. The zero-order chi connectivity index (χ0) is 92.0. The van der Waals surface area contributed by atoms with Crippen molar-refractivity contribution in [2.45, 2.75) is 149 Å². The highest BCUT2D eigenvalue weighted by Gasteiger charge is 2.54. The summed E-state index contributed by atoms with van der Waals surface area (Å²) in [5, 5.41) is 6.33. The largest absolute Gasteiger partial charge is 0.497 e. The molecule has 0 radical (unpaired) electrons. The van der Waals surface area contributed by atoms with Crippen LogP contribution in [0.3, 0.4) is 0 Å². The number of hydrogen-bond donors (Lipinski definition) is 0. The zero-order valence-electron chi connectivity index (χ0n) is 78.8. The Morgan fingerprint density at radius 1 is 0.221 bits per heavy atom. The maximum absolute atomic E-state index is 8.22. The van der Waals surface area contributed by atoms with Crippen LogP contribution in [-0.2, 0) is 33.0 Å². The van der Waals surface area contributed by atoms with Crippen LogP contribution in [-0.4, -0.2) is 64.0 Å². The molecule has 0 amide bonds. The first kappa shape index (κ1) is 84.7. The molecule has 136 heavy (non-hydrogen) atoms. The Morgan fingerprint density at radius 2 is 0.434 bits per heavy atom. The highest BCUT2D eigenvalue weighted by molar-refractivity contribution is 6.12. The topological polar surface area (TPSA) is 114 Å². The van der Waals surface area contributed by atoms with Gasteiger partial charge in [0.1, 0.15) is 69.0 Å². The molecule has 15 aromatic carbocycles. The number of benzene rings is 15. The predicted octanol–water partition coefficient (Wildman–Crippen LogP) is 29.6. The van der Waals surface area contributed by atoms with E-state index < -0.39 is 16.8 Å². The van der Waals surface area contributed by atoms with Gasteiger partial charge in [-0.25, -0.2) is 0 Å². The van der Waals surface area contributed by atoms with Gasteiger partial charge in [0, 0.05) is 99.5 Å². The van der Waals surface area contributed by atoms with E-state index in [0.29, 0.717) is 0 Å². The van der Waals surface area contributed by atoms with Crippen molar-refractivity contribution >= 4 is 67.6 Å². The van der Waals surface area contributed by atoms with Gasteiger partial charge >= 0.3 is 0 Å². The second-order valence-electron chi connectivity index (χ2n) is 38.6. The number of anilines is 3. The van der Waals surface area contributed by atoms with Crippen LogP contribution < -0.4 is 61.7 Å². The van der Waals surface area contributed by atoms with E-state index >= 15 is 0 Å². The van der Waals surface area contributed by atoms with Crippen LogP contribution in [0.4, 0.5) is 17.1 Å². The number of ether oxygens (including phenoxy) is 12. The van der Waals surface area contributed by atoms with E-state index in [9.17, 15) is 0 Å². The number of nitrogens with zero attached hydrogens (tertiary/aromatic N) is 1. The van der Waals surface area contributed by atoms with Gasteiger partial charge < -0.3 is 61.7 Å². The molecule has 0 aromatic heterocycles. The van der Waals surface area contributed by atoms with Crippen molar-refractivity contribution in [3.8, 4) is 102 Å². The van der Waals surface area contributed by atoms with Crippen molar-refractivity contribution < 1.29 is 56.8 Å². The summed E-state index contributed by atoms with van der Waals surface area (Å²) in [6, 6.07) is 92.2. The molecule has 3 unspecified atom stereocenters. The summed E-state index contributed by atoms with van der Waals surface area (Å²) in [7, 11) is 15.8. The minimum atomic E-state index is -1.17. The molecule has 0 N–H and O–H groups in total. The number of methoxy groups -OCH3 is 9. The molecular formula is C123H111NO12. The van der Waals surface area contributed by atoms with Gasteiger partial charge in [-0.3, -0.25) is 0 Å². The number of fused-ring (bicyclic) bond motifs is 30. The summed E-state index contributed by atoms with van der Waals surface area (Å²) >= 11 is 0. The van der Waals surface area contributed by atoms with Crippen LogP contribution in [0, 0.1) is 0 Å². The lowest BCUT2D eigenvalue weighted by molar-refractivity contribution is 0.163. The first-order valence-electron chi connectivity index (χ1n) is 48.6. The third kappa shape index (κ3) is 12.7. The molecule has 3 aliphatic heterocycles. The minimum absolute atomic E-state index is 0.275. The van der Waals surface area contributed by atoms with Crippen molar-refractivity contribution in [2.24, 2.45) is 0 Å². The number of hydrogen-bond acceptors (Lipinski definition) is 13. The predicted molar refractivity (Wildman–Crippen MR) is 544 cm³/mol. The summed E-state index contributed by atoms with van der Waals surface area (Å²) in [5.74, 6) is 9.56. The summed E-state index contributed by atoms with van der Waals surface area (Å²) in [6.45, 7) is 0. The number of rotatable bonds is 18. The summed E-state index contributed by atoms with van der Waals surface area (Å²) in [5.41, 5.74) is 22.9. The Morgan fingerprint density at radius 3 is 0.669 bits per heavy atom. The molecule has 3 spiro atoms. The minimum Gasteiger partial charge on any atom is -0.497 e. The lowest BCUT2D eigenvalue weighted by Gasteiger charge is -2.40. The maximum atomic E-state index is 8.22. The molecule has 680 valence electrons. The van der Waals surface area contributed by atoms with Crippen LogP contribution in [0.1, 0.15) is 199 Å². The van der Waals surface area contributed by atoms with Crippen LogP contribution in [0.25, 0.3) is 83.9 Å². The van der Waals surface area contributed by atoms with Crippen LogP contribution >= 0.6 is 0 Å². The Hall–Kier alpha value is -14.3. The van der Waals surface area contributed by atoms with Crippen molar-refractivity contribution in [1.82, 2.24) is 0 Å². The van der Waals surface area contributed by atoms with Crippen molar-refractivity contribution in [3.05, 3.63) is 356 Å². The Kier molecular flexibility index (Phi) is 20.6. The molecule has 0 saturated heterocycles. The molecule has 0 bridgehead atoms. The van der Waals surface area contributed by atoms with Crippen LogP contribution in [0.5, 0.6) is 69.0 Å². The molecule has 3 saturated carbocycles. The van der Waals surface area contributed by atoms with Gasteiger partial charge in [0.25, 0.3) is 0 Å². The van der Waals surface area contributed by atoms with E-state index in [4.69, 9.17) is 56.8 Å². The van der Waals surface area contributed by atoms with E-state index in [-0.39, 0.29) is 16.2 Å². The summed E-state index contributed by atoms with van der Waals surface area (Å²) < 4.78 is 79.3. The first-order valence-corrected chi connectivity index (χ1v) is 48.6. The van der Waals surface area contributed by atoms with Gasteiger partial charge in [0.05, 0.1) is 64.0 Å². The molecule has 15 aromatic rings. The van der Waals surface area contributed by atoms with Gasteiger partial charge in [-0.2, -0.15) is 0 Å². The van der Waals surface area contributed by atoms with Crippen molar-refractivity contribution in [3.63, 3.8) is 0 Å². The molecule has 3 heterocycles. The van der Waals surface area contributed by atoms with Gasteiger partial charge in [-0.1, -0.05) is 186 Å². The van der Waals surface area contributed by atoms with Gasteiger partial charge in [0.2, 0.25) is 0 Å². The second kappa shape index (κ2) is 33.1. The van der Waals surface area contributed by atoms with Crippen LogP contribution in [0.2, 0.25) is 0 Å². The molecule has 24 rings (SSSR count). The van der Waals surface area contributed by atoms with E-state index in [1.165, 1.54) is 105 Å². The normalized spacial score (nSPS) is 19.5. The van der Waals surface area contributed by atoms with E-state index in [1.54, 1.807) is 64.0 Å². The molecule has 13 heteroatoms. The standard InChI is InChI=1S/C123H111NO12/c1-125-85-40-28-79(29-41-85)121(67-58-100-112-109(94-52-46-88(128-4)70-103(94)115(100)134-121)97-55-49-91(131-7)73-106(97)118(112)61-16-10-11-17-62-118)76-22-34-82(35-23-76)124(83-36-24-77(25-37-83)122(80-30-42-86(126-2)43-31-80)68-59-101-113-110(95-53-47-89(129-5)71-104(95)116(101)135-122)98-56-50-92(132-8)74-107(98)119(113)63-18-12-13-19-64-119)84-38-26-78(27-39-84)123(81-32-44-87(127-3)45-33-81)69-60-102-114-111(96-54-48-90(130-6)72-105(96)117(102)136-123)99-57-51-93(133-9)75-108(99)120(114)65-20-14-15-21-66-120/h22-60,67-75H,10-21,61-66H2,1-9H3. The van der Waals surface area contributed by atoms with E-state index in [0.717, 1.165) is 245 Å². The summed E-state index contributed by atoms with van der Waals surface area (Å²) in [4.78, 5) is 2.37. The van der Waals surface area contributed by atoms with Gasteiger partial charge in [-0.05, 0) is 303 Å². The monoisotopic (exact) mass is 1790 g/mol. The first-order chi connectivity index (χ1) is 66.8. The summed E-state index contributed by atoms with van der Waals surface area (Å²) in [6.07, 6.45) is 34.1. The second-order valence-corrected chi connectivity index (χ2v) is 38.6. The molecule has 3 fully saturated rings. The molecule has 6 aliphatic carbocycles. The Labute approximate surface area is 795 Å². The van der Waals surface area contributed by atoms with E-state index in [1.807, 2.05) is 36.4 Å². The van der Waals surface area contributed by atoms with E-state index in [2.05, 4.69) is 260 Å². The average molecular weight is 1800 g/mol. The average Bonchev–Trinajstić information content (AvgIpc) is 1.43. The lowest BCUT2D eigenvalue weighted by Crippen LogP contribution is -2.35. The van der Waals surface area contributed by atoms with Gasteiger partial charge in [-0.15, -0.1) is 0 Å². The van der Waals surface area contributed by atoms with Crippen LogP contribution in [0.15, 0.2) is 273 Å². The molecule has 13 nitrogen and oxygen atoms in total. The third-order valence-electron chi connectivity index (χ3n) is 32.3. The SMILES string of the molecule is COc1ccc(C2(c3ccc(N(c4ccc(C5(c6ccc(OC)cc6)C=Cc6c7c(c8ccc(OC)cc8c6O5)-c5ccc(OC)cc5C75CCCCCC5)cc4)c4ccc(C5(c6ccc(OC)cc6)C=Cc6c7c(c8ccc(OC)cc8c6O5)-c5ccc(OC)cc5C75CCCCCC5)cc4)cc3)C=Cc3c4c(c5ccc(OC)cc5c3O2)-c2ccc(OC)cc2C42CCCCCC2)cc1. The fourth-order valence-electron chi connectivity index (χ4n) is 25.8. The Balaban J connectivity index is 0.692. The smallest absolute Gasteiger partial charge is 0.178 e. The molecule has 9 aliphatic rings. The van der Waals surface area contributed by atoms with Crippen molar-refractivity contribution in [2.75, 3.05) is 68.9 Å². The highest BCUT2D eigenvalue weighted by Crippen LogP contribution is 2.68. The third-order valence-corrected chi connectivity index (χ3v) is 32.3. The Bertz CT molecular complexity index is 6690. The quantitative estimate of drug-likeness (QED) is 0.0813. The zero-order valence-corrected chi connectivity index (χ0v) is 78.8. The van der Waals surface area contributed by atoms with Crippen molar-refractivity contribution in [1.29, 1.82) is 0 Å². The molecule has 3 atom stereocenters. The van der Waals surface area contributed by atoms with Gasteiger partial charge in [0.15, 0.2) is 16.8 Å². The fraction of sp³-hybridized carbons (Fsp3) is 0.268. The molecular weight excluding hydrogens is 1680 g/mol.